The van der Waals surface area contributed by atoms with Crippen molar-refractivity contribution in [3.8, 4) is 0 Å². The van der Waals surface area contributed by atoms with Crippen LogP contribution in [0.25, 0.3) is 0 Å². The van der Waals surface area contributed by atoms with Crippen LogP contribution in [0, 0.1) is 0 Å². The van der Waals surface area contributed by atoms with Gasteiger partial charge in [0.15, 0.2) is 33.3 Å². The van der Waals surface area contributed by atoms with Gasteiger partial charge in [-0.2, -0.15) is 0 Å². The van der Waals surface area contributed by atoms with Crippen LogP contribution in [0.1, 0.15) is 107 Å². The predicted octanol–water partition coefficient (Wildman–Crippen LogP) is 9.49. The average Bonchev–Trinajstić information content (AvgIpc) is 2.69. The van der Waals surface area contributed by atoms with E-state index in [0.717, 1.165) is 99.7 Å². The molecular weight excluding hydrogens is 561 g/mol. The molecule has 0 radical (unpaired) electrons. The topological polar surface area (TPSA) is 80.9 Å². The molecule has 0 aromatic heterocycles. The van der Waals surface area contributed by atoms with E-state index in [1.54, 1.807) is 0 Å². The van der Waals surface area contributed by atoms with E-state index in [-0.39, 0.29) is 21.7 Å². The van der Waals surface area contributed by atoms with Crippen molar-refractivity contribution in [1.29, 1.82) is 0 Å². The summed E-state index contributed by atoms with van der Waals surface area (Å²) in [5.74, 6) is 0. The van der Waals surface area contributed by atoms with E-state index in [1.165, 1.54) is 0 Å². The van der Waals surface area contributed by atoms with Crippen LogP contribution in [0.15, 0.2) is 0 Å². The Bertz CT molecular complexity index is 340. The number of hydrogen-bond donors (Lipinski definition) is 4. The second kappa shape index (κ2) is 28.9. The molecule has 0 amide bonds. The summed E-state index contributed by atoms with van der Waals surface area (Å²) in [6, 6.07) is 8.56. The molecule has 4 N–H and O–H groups in total. The molecule has 0 aliphatic rings. The second-order valence-corrected chi connectivity index (χ2v) is 28.0. The first kappa shape index (κ1) is 48.2. The minimum atomic E-state index is -1.70. The second-order valence-electron chi connectivity index (χ2n) is 12.0. The summed E-state index contributed by atoms with van der Waals surface area (Å²) in [5, 5.41) is 0. The Balaban J connectivity index is -0.000000122. The molecule has 0 saturated heterocycles. The molecule has 0 spiro atoms. The first-order valence-corrected chi connectivity index (χ1v) is 26.8. The molecule has 0 aromatic rings. The Morgan fingerprint density at radius 1 is 0.297 bits per heavy atom. The zero-order valence-electron chi connectivity index (χ0n) is 27.6. The molecular formula is C28H72O4Si4Ti. The molecule has 0 aliphatic heterocycles. The van der Waals surface area contributed by atoms with Crippen molar-refractivity contribution in [3.05, 3.63) is 0 Å². The van der Waals surface area contributed by atoms with Crippen molar-refractivity contribution in [2.75, 3.05) is 0 Å². The van der Waals surface area contributed by atoms with Crippen LogP contribution in [0.3, 0.4) is 0 Å². The quantitative estimate of drug-likeness (QED) is 0.128. The van der Waals surface area contributed by atoms with Crippen LogP contribution >= 0.6 is 0 Å². The average molecular weight is 633 g/mol. The van der Waals surface area contributed by atoms with Crippen LogP contribution in [-0.2, 0) is 21.7 Å². The van der Waals surface area contributed by atoms with Gasteiger partial charge in [-0.25, -0.2) is 0 Å². The Kier molecular flexibility index (Phi) is 37.7. The largest absolute Gasteiger partial charge is 0.432 e. The van der Waals surface area contributed by atoms with Crippen LogP contribution < -0.4 is 0 Å². The molecule has 0 aromatic carbocycles. The van der Waals surface area contributed by atoms with E-state index in [1.807, 2.05) is 0 Å². The molecule has 0 rings (SSSR count). The molecule has 0 atom stereocenters. The molecule has 0 bridgehead atoms. The van der Waals surface area contributed by atoms with Gasteiger partial charge in [-0.15, -0.1) is 0 Å². The van der Waals surface area contributed by atoms with Gasteiger partial charge in [-0.1, -0.05) is 107 Å². The van der Waals surface area contributed by atoms with E-state index in [4.69, 9.17) is 0 Å². The first-order chi connectivity index (χ1) is 16.5. The monoisotopic (exact) mass is 632 g/mol. The van der Waals surface area contributed by atoms with Gasteiger partial charge in [-0.05, 0) is 74.5 Å². The fourth-order valence-corrected chi connectivity index (χ4v) is 14.4. The standard InChI is InChI=1S/4C7H18OSi.Ti/c4*1-4-6-9(3,8)7-5-2;/h4*8H,4-7H2,1-3H3;. The molecule has 0 unspecified atom stereocenters. The van der Waals surface area contributed by atoms with Gasteiger partial charge < -0.3 is 19.2 Å². The fourth-order valence-electron chi connectivity index (χ4n) is 4.81. The third-order valence-corrected chi connectivity index (χ3v) is 18.9. The van der Waals surface area contributed by atoms with Crippen LogP contribution in [0.5, 0.6) is 0 Å². The van der Waals surface area contributed by atoms with Crippen LogP contribution in [-0.4, -0.2) is 52.5 Å². The fraction of sp³-hybridized carbons (Fsp3) is 1.00. The predicted molar refractivity (Wildman–Crippen MR) is 176 cm³/mol. The summed E-state index contributed by atoms with van der Waals surface area (Å²) < 4.78 is 0. The summed E-state index contributed by atoms with van der Waals surface area (Å²) in [5.41, 5.74) is 0. The van der Waals surface area contributed by atoms with Gasteiger partial charge in [0, 0.05) is 21.7 Å². The third-order valence-electron chi connectivity index (χ3n) is 6.31. The smallest absolute Gasteiger partial charge is 0.185 e. The van der Waals surface area contributed by atoms with Crippen molar-refractivity contribution in [1.82, 2.24) is 0 Å². The summed E-state index contributed by atoms with van der Waals surface area (Å²) in [6.45, 7) is 25.3. The van der Waals surface area contributed by atoms with E-state index in [0.29, 0.717) is 0 Å². The number of hydrogen-bond acceptors (Lipinski definition) is 4. The van der Waals surface area contributed by atoms with Gasteiger partial charge in [0.1, 0.15) is 0 Å². The van der Waals surface area contributed by atoms with Crippen LogP contribution in [0.4, 0.5) is 0 Å². The molecule has 0 fully saturated rings. The molecule has 37 heavy (non-hydrogen) atoms. The van der Waals surface area contributed by atoms with Crippen molar-refractivity contribution in [2.45, 2.75) is 181 Å². The Labute approximate surface area is 254 Å². The Morgan fingerprint density at radius 3 is 0.432 bits per heavy atom. The van der Waals surface area contributed by atoms with Crippen molar-refractivity contribution >= 4 is 33.3 Å². The van der Waals surface area contributed by atoms with Gasteiger partial charge in [-0.3, -0.25) is 0 Å². The van der Waals surface area contributed by atoms with E-state index >= 15 is 0 Å². The maximum atomic E-state index is 9.65. The maximum absolute atomic E-state index is 9.65. The minimum Gasteiger partial charge on any atom is -0.432 e. The third kappa shape index (κ3) is 42.0. The molecule has 4 nitrogen and oxygen atoms in total. The van der Waals surface area contributed by atoms with Gasteiger partial charge in [0.2, 0.25) is 0 Å². The summed E-state index contributed by atoms with van der Waals surface area (Å²) in [7, 11) is -6.81. The SMILES string of the molecule is CCC[Si](C)(O)CCC.CCC[Si](C)(O)CCC.CCC[Si](C)(O)CCC.CCC[Si](C)(O)CCC.[Ti]. The van der Waals surface area contributed by atoms with Crippen molar-refractivity contribution in [2.24, 2.45) is 0 Å². The summed E-state index contributed by atoms with van der Waals surface area (Å²) >= 11 is 0. The molecule has 0 saturated carbocycles. The van der Waals surface area contributed by atoms with Crippen molar-refractivity contribution in [3.63, 3.8) is 0 Å². The molecule has 228 valence electrons. The molecule has 0 aliphatic carbocycles. The minimum absolute atomic E-state index is 0. The zero-order chi connectivity index (χ0) is 29.3. The first-order valence-electron chi connectivity index (χ1n) is 15.4. The summed E-state index contributed by atoms with van der Waals surface area (Å²) in [6.07, 6.45) is 9.10. The van der Waals surface area contributed by atoms with Gasteiger partial charge in [0.05, 0.1) is 0 Å². The zero-order valence-corrected chi connectivity index (χ0v) is 33.2. The normalized spacial score (nSPS) is 11.7. The van der Waals surface area contributed by atoms with E-state index < -0.39 is 33.3 Å². The summed E-state index contributed by atoms with van der Waals surface area (Å²) in [4.78, 5) is 38.6. The molecule has 9 heteroatoms. The van der Waals surface area contributed by atoms with Crippen LogP contribution in [0.2, 0.25) is 74.5 Å². The van der Waals surface area contributed by atoms with Gasteiger partial charge in [0.25, 0.3) is 0 Å². The maximum Gasteiger partial charge on any atom is 0.185 e. The number of rotatable bonds is 16. The van der Waals surface area contributed by atoms with E-state index in [9.17, 15) is 19.2 Å². The molecule has 0 heterocycles. The van der Waals surface area contributed by atoms with E-state index in [2.05, 4.69) is 81.6 Å². The van der Waals surface area contributed by atoms with Crippen molar-refractivity contribution < 1.29 is 40.9 Å². The Morgan fingerprint density at radius 2 is 0.378 bits per heavy atom. The van der Waals surface area contributed by atoms with Gasteiger partial charge >= 0.3 is 0 Å². The Hall–Kier alpha value is 1.42.